The molecule has 3 nitrogen and oxygen atoms in total. The maximum Gasteiger partial charge on any atom is 0.119 e. The second kappa shape index (κ2) is 10.1. The fraction of sp³-hybridized carbons (Fsp3) is 0.600. The van der Waals surface area contributed by atoms with Gasteiger partial charge in [-0.25, -0.2) is 0 Å². The van der Waals surface area contributed by atoms with E-state index in [-0.39, 0.29) is 12.4 Å². The Morgan fingerprint density at radius 3 is 2.68 bits per heavy atom. The van der Waals surface area contributed by atoms with Crippen LogP contribution in [0.15, 0.2) is 30.3 Å². The van der Waals surface area contributed by atoms with Crippen LogP contribution in [0.4, 0.5) is 0 Å². The van der Waals surface area contributed by atoms with Gasteiger partial charge in [0.05, 0.1) is 6.61 Å². The molecule has 2 rings (SSSR count). The zero-order valence-electron chi connectivity index (χ0n) is 11.3. The lowest BCUT2D eigenvalue weighted by molar-refractivity contribution is 0.0875. The van der Waals surface area contributed by atoms with E-state index in [0.29, 0.717) is 13.2 Å². The van der Waals surface area contributed by atoms with Crippen LogP contribution in [0.5, 0.6) is 5.75 Å². The van der Waals surface area contributed by atoms with Gasteiger partial charge in [-0.15, -0.1) is 12.4 Å². The lowest BCUT2D eigenvalue weighted by Gasteiger charge is -2.22. The van der Waals surface area contributed by atoms with E-state index in [1.54, 1.807) is 0 Å². The van der Waals surface area contributed by atoms with E-state index in [4.69, 9.17) is 9.47 Å². The number of hydrogen-bond donors (Lipinski definition) is 1. The fourth-order valence-electron chi connectivity index (χ4n) is 2.26. The monoisotopic (exact) mass is 285 g/mol. The average molecular weight is 286 g/mol. The standard InChI is InChI=1S/C15H23NO2.ClH/c1-2-6-15(7-3-1)18-12-11-17-10-8-14-5-4-9-16-13-14;/h1-3,6-7,14,16H,4-5,8-13H2;1H. The molecule has 1 fully saturated rings. The minimum atomic E-state index is 0. The van der Waals surface area contributed by atoms with E-state index in [0.717, 1.165) is 24.8 Å². The van der Waals surface area contributed by atoms with Gasteiger partial charge in [-0.2, -0.15) is 0 Å². The molecule has 1 aliphatic heterocycles. The number of nitrogens with one attached hydrogen (secondary N) is 1. The molecule has 1 atom stereocenters. The van der Waals surface area contributed by atoms with Crippen molar-refractivity contribution in [2.45, 2.75) is 19.3 Å². The Morgan fingerprint density at radius 1 is 1.11 bits per heavy atom. The smallest absolute Gasteiger partial charge is 0.119 e. The average Bonchev–Trinajstić information content (AvgIpc) is 2.45. The topological polar surface area (TPSA) is 30.5 Å². The third-order valence-electron chi connectivity index (χ3n) is 3.31. The summed E-state index contributed by atoms with van der Waals surface area (Å²) in [6, 6.07) is 9.88. The number of ether oxygens (including phenoxy) is 2. The van der Waals surface area contributed by atoms with Gasteiger partial charge in [0, 0.05) is 6.61 Å². The van der Waals surface area contributed by atoms with Crippen molar-refractivity contribution < 1.29 is 9.47 Å². The zero-order valence-corrected chi connectivity index (χ0v) is 12.2. The first-order chi connectivity index (χ1) is 8.95. The molecule has 1 unspecified atom stereocenters. The second-order valence-electron chi connectivity index (χ2n) is 4.77. The van der Waals surface area contributed by atoms with Crippen LogP contribution in [0.1, 0.15) is 19.3 Å². The minimum absolute atomic E-state index is 0. The fourth-order valence-corrected chi connectivity index (χ4v) is 2.26. The summed E-state index contributed by atoms with van der Waals surface area (Å²) in [6.07, 6.45) is 3.82. The Balaban J connectivity index is 0.00000180. The molecule has 0 saturated carbocycles. The van der Waals surface area contributed by atoms with E-state index in [9.17, 15) is 0 Å². The summed E-state index contributed by atoms with van der Waals surface area (Å²) in [5.74, 6) is 1.71. The van der Waals surface area contributed by atoms with Crippen LogP contribution in [0, 0.1) is 5.92 Å². The third-order valence-corrected chi connectivity index (χ3v) is 3.31. The summed E-state index contributed by atoms with van der Waals surface area (Å²) < 4.78 is 11.2. The summed E-state index contributed by atoms with van der Waals surface area (Å²) >= 11 is 0. The van der Waals surface area contributed by atoms with Gasteiger partial charge < -0.3 is 14.8 Å². The van der Waals surface area contributed by atoms with Gasteiger partial charge in [0.2, 0.25) is 0 Å². The maximum absolute atomic E-state index is 5.61. The Kier molecular flexibility index (Phi) is 8.63. The highest BCUT2D eigenvalue weighted by Crippen LogP contribution is 2.13. The molecule has 1 N–H and O–H groups in total. The van der Waals surface area contributed by atoms with Crippen LogP contribution >= 0.6 is 12.4 Å². The Labute approximate surface area is 122 Å². The van der Waals surface area contributed by atoms with E-state index >= 15 is 0 Å². The van der Waals surface area contributed by atoms with Crippen molar-refractivity contribution in [1.82, 2.24) is 5.32 Å². The molecule has 0 aromatic heterocycles. The quantitative estimate of drug-likeness (QED) is 0.782. The van der Waals surface area contributed by atoms with Gasteiger partial charge in [0.1, 0.15) is 12.4 Å². The summed E-state index contributed by atoms with van der Waals surface area (Å²) in [6.45, 7) is 4.50. The van der Waals surface area contributed by atoms with E-state index < -0.39 is 0 Å². The predicted molar refractivity (Wildman–Crippen MR) is 80.2 cm³/mol. The summed E-state index contributed by atoms with van der Waals surface area (Å²) in [5.41, 5.74) is 0. The van der Waals surface area contributed by atoms with Crippen LogP contribution in [-0.2, 0) is 4.74 Å². The van der Waals surface area contributed by atoms with Crippen LogP contribution in [0.2, 0.25) is 0 Å². The van der Waals surface area contributed by atoms with Crippen molar-refractivity contribution in [1.29, 1.82) is 0 Å². The molecule has 1 saturated heterocycles. The van der Waals surface area contributed by atoms with Gasteiger partial charge in [0.25, 0.3) is 0 Å². The molecule has 0 bridgehead atoms. The molecule has 108 valence electrons. The molecule has 19 heavy (non-hydrogen) atoms. The molecule has 0 spiro atoms. The first-order valence-electron chi connectivity index (χ1n) is 6.91. The molecular formula is C15H24ClNO2. The van der Waals surface area contributed by atoms with Crippen LogP contribution in [-0.4, -0.2) is 32.9 Å². The summed E-state index contributed by atoms with van der Waals surface area (Å²) in [4.78, 5) is 0. The van der Waals surface area contributed by atoms with Crippen molar-refractivity contribution in [3.8, 4) is 5.75 Å². The highest BCUT2D eigenvalue weighted by Gasteiger charge is 2.11. The molecule has 1 aromatic carbocycles. The minimum Gasteiger partial charge on any atom is -0.491 e. The zero-order chi connectivity index (χ0) is 12.5. The van der Waals surface area contributed by atoms with Crippen molar-refractivity contribution in [3.05, 3.63) is 30.3 Å². The van der Waals surface area contributed by atoms with Gasteiger partial charge in [-0.05, 0) is 50.4 Å². The molecule has 0 aliphatic carbocycles. The van der Waals surface area contributed by atoms with Crippen molar-refractivity contribution >= 4 is 12.4 Å². The Morgan fingerprint density at radius 2 is 1.95 bits per heavy atom. The first kappa shape index (κ1) is 16.3. The molecule has 4 heteroatoms. The first-order valence-corrected chi connectivity index (χ1v) is 6.91. The Bertz CT molecular complexity index is 315. The van der Waals surface area contributed by atoms with Crippen LogP contribution < -0.4 is 10.1 Å². The van der Waals surface area contributed by atoms with Gasteiger partial charge in [-0.1, -0.05) is 18.2 Å². The van der Waals surface area contributed by atoms with E-state index in [2.05, 4.69) is 5.32 Å². The molecule has 0 amide bonds. The molecule has 1 aromatic rings. The van der Waals surface area contributed by atoms with Crippen molar-refractivity contribution in [2.24, 2.45) is 5.92 Å². The Hall–Kier alpha value is -0.770. The lowest BCUT2D eigenvalue weighted by atomic mass is 9.97. The maximum atomic E-state index is 5.61. The van der Waals surface area contributed by atoms with E-state index in [1.165, 1.54) is 25.8 Å². The normalized spacial score (nSPS) is 18.6. The van der Waals surface area contributed by atoms with Crippen molar-refractivity contribution in [2.75, 3.05) is 32.9 Å². The SMILES string of the molecule is Cl.c1ccc(OCCOCCC2CCCNC2)cc1. The van der Waals surface area contributed by atoms with Crippen LogP contribution in [0.25, 0.3) is 0 Å². The highest BCUT2D eigenvalue weighted by atomic mass is 35.5. The van der Waals surface area contributed by atoms with Crippen LogP contribution in [0.3, 0.4) is 0 Å². The molecular weight excluding hydrogens is 262 g/mol. The number of benzene rings is 1. The number of para-hydroxylation sites is 1. The highest BCUT2D eigenvalue weighted by molar-refractivity contribution is 5.85. The lowest BCUT2D eigenvalue weighted by Crippen LogP contribution is -2.30. The predicted octanol–water partition coefficient (Wildman–Crippen LogP) is 2.89. The number of piperidine rings is 1. The molecule has 1 heterocycles. The molecule has 0 radical (unpaired) electrons. The van der Waals surface area contributed by atoms with Gasteiger partial charge in [-0.3, -0.25) is 0 Å². The third kappa shape index (κ3) is 6.81. The largest absolute Gasteiger partial charge is 0.491 e. The van der Waals surface area contributed by atoms with Gasteiger partial charge >= 0.3 is 0 Å². The molecule has 1 aliphatic rings. The number of halogens is 1. The van der Waals surface area contributed by atoms with E-state index in [1.807, 2.05) is 30.3 Å². The number of hydrogen-bond acceptors (Lipinski definition) is 3. The number of rotatable bonds is 7. The van der Waals surface area contributed by atoms with Crippen molar-refractivity contribution in [3.63, 3.8) is 0 Å². The summed E-state index contributed by atoms with van der Waals surface area (Å²) in [7, 11) is 0. The van der Waals surface area contributed by atoms with Gasteiger partial charge in [0.15, 0.2) is 0 Å². The summed E-state index contributed by atoms with van der Waals surface area (Å²) in [5, 5.41) is 3.43. The second-order valence-corrected chi connectivity index (χ2v) is 4.77.